The Bertz CT molecular complexity index is 726. The van der Waals surface area contributed by atoms with Gasteiger partial charge >= 0.3 is 0 Å². The molecule has 1 aliphatic heterocycles. The SMILES string of the molecule is Cc1nn(C)c(N(C)C)c1CNC1CCCOc2ccc(F)cc21. The molecule has 130 valence electrons. The molecule has 0 amide bonds. The van der Waals surface area contributed by atoms with Gasteiger partial charge in [0.15, 0.2) is 0 Å². The first kappa shape index (κ1) is 16.8. The lowest BCUT2D eigenvalue weighted by Gasteiger charge is -2.20. The summed E-state index contributed by atoms with van der Waals surface area (Å²) in [4.78, 5) is 2.07. The van der Waals surface area contributed by atoms with Crippen molar-refractivity contribution >= 4 is 5.82 Å². The topological polar surface area (TPSA) is 42.3 Å². The molecule has 0 radical (unpaired) electrons. The molecule has 1 atom stereocenters. The number of benzene rings is 1. The van der Waals surface area contributed by atoms with Gasteiger partial charge in [-0.25, -0.2) is 4.39 Å². The van der Waals surface area contributed by atoms with E-state index in [0.717, 1.165) is 35.7 Å². The number of fused-ring (bicyclic) bond motifs is 1. The van der Waals surface area contributed by atoms with E-state index in [-0.39, 0.29) is 11.9 Å². The zero-order valence-corrected chi connectivity index (χ0v) is 14.8. The maximum atomic E-state index is 13.7. The van der Waals surface area contributed by atoms with Gasteiger partial charge in [-0.15, -0.1) is 0 Å². The van der Waals surface area contributed by atoms with Crippen molar-refractivity contribution in [1.29, 1.82) is 0 Å². The minimum Gasteiger partial charge on any atom is -0.493 e. The van der Waals surface area contributed by atoms with E-state index in [2.05, 4.69) is 15.3 Å². The van der Waals surface area contributed by atoms with Crippen LogP contribution < -0.4 is 15.0 Å². The Morgan fingerprint density at radius 1 is 1.42 bits per heavy atom. The molecule has 6 heteroatoms. The van der Waals surface area contributed by atoms with Gasteiger partial charge < -0.3 is 15.0 Å². The fraction of sp³-hybridized carbons (Fsp3) is 0.500. The lowest BCUT2D eigenvalue weighted by atomic mass is 10.0. The molecule has 1 N–H and O–H groups in total. The summed E-state index contributed by atoms with van der Waals surface area (Å²) in [7, 11) is 5.99. The third-order valence-electron chi connectivity index (χ3n) is 4.50. The predicted molar refractivity (Wildman–Crippen MR) is 93.0 cm³/mol. The number of nitrogens with zero attached hydrogens (tertiary/aromatic N) is 3. The summed E-state index contributed by atoms with van der Waals surface area (Å²) in [5.74, 6) is 1.64. The van der Waals surface area contributed by atoms with E-state index in [0.29, 0.717) is 13.2 Å². The van der Waals surface area contributed by atoms with Gasteiger partial charge in [-0.05, 0) is 38.0 Å². The smallest absolute Gasteiger partial charge is 0.130 e. The quantitative estimate of drug-likeness (QED) is 0.935. The summed E-state index contributed by atoms with van der Waals surface area (Å²) in [6, 6.07) is 4.84. The van der Waals surface area contributed by atoms with Crippen molar-refractivity contribution in [3.05, 3.63) is 40.8 Å². The Morgan fingerprint density at radius 2 is 2.21 bits per heavy atom. The molecule has 0 saturated carbocycles. The van der Waals surface area contributed by atoms with Crippen LogP contribution in [-0.2, 0) is 13.6 Å². The monoisotopic (exact) mass is 332 g/mol. The second-order valence-corrected chi connectivity index (χ2v) is 6.51. The van der Waals surface area contributed by atoms with E-state index >= 15 is 0 Å². The normalized spacial score (nSPS) is 17.1. The second-order valence-electron chi connectivity index (χ2n) is 6.51. The van der Waals surface area contributed by atoms with Crippen LogP contribution in [0.4, 0.5) is 10.2 Å². The molecule has 1 aromatic carbocycles. The number of ether oxygens (including phenoxy) is 1. The number of aryl methyl sites for hydroxylation is 2. The van der Waals surface area contributed by atoms with Crippen LogP contribution in [0.1, 0.15) is 35.7 Å². The van der Waals surface area contributed by atoms with Gasteiger partial charge in [-0.1, -0.05) is 0 Å². The van der Waals surface area contributed by atoms with Gasteiger partial charge in [0.25, 0.3) is 0 Å². The number of halogens is 1. The molecule has 0 fully saturated rings. The number of aromatic nitrogens is 2. The van der Waals surface area contributed by atoms with Crippen LogP contribution in [0.5, 0.6) is 5.75 Å². The van der Waals surface area contributed by atoms with Gasteiger partial charge in [0.1, 0.15) is 17.4 Å². The third-order valence-corrected chi connectivity index (χ3v) is 4.50. The van der Waals surface area contributed by atoms with Gasteiger partial charge in [0, 0.05) is 44.9 Å². The Balaban J connectivity index is 1.84. The lowest BCUT2D eigenvalue weighted by molar-refractivity contribution is 0.315. The summed E-state index contributed by atoms with van der Waals surface area (Å²) in [6.07, 6.45) is 1.87. The highest BCUT2D eigenvalue weighted by atomic mass is 19.1. The molecule has 0 bridgehead atoms. The Morgan fingerprint density at radius 3 is 2.96 bits per heavy atom. The van der Waals surface area contributed by atoms with E-state index in [9.17, 15) is 4.39 Å². The van der Waals surface area contributed by atoms with Crippen molar-refractivity contribution in [3.63, 3.8) is 0 Å². The lowest BCUT2D eigenvalue weighted by Crippen LogP contribution is -2.23. The maximum Gasteiger partial charge on any atom is 0.130 e. The summed E-state index contributed by atoms with van der Waals surface area (Å²) >= 11 is 0. The fourth-order valence-electron chi connectivity index (χ4n) is 3.44. The Hall–Kier alpha value is -2.08. The van der Waals surface area contributed by atoms with Crippen molar-refractivity contribution in [3.8, 4) is 5.75 Å². The van der Waals surface area contributed by atoms with Crippen LogP contribution in [0.15, 0.2) is 18.2 Å². The molecular formula is C18H25FN4O. The van der Waals surface area contributed by atoms with Gasteiger partial charge in [0.05, 0.1) is 12.3 Å². The van der Waals surface area contributed by atoms with Crippen LogP contribution in [-0.4, -0.2) is 30.5 Å². The molecule has 0 aliphatic carbocycles. The van der Waals surface area contributed by atoms with Crippen LogP contribution >= 0.6 is 0 Å². The van der Waals surface area contributed by atoms with E-state index in [1.54, 1.807) is 12.1 Å². The number of hydrogen-bond acceptors (Lipinski definition) is 4. The third kappa shape index (κ3) is 3.24. The first-order chi connectivity index (χ1) is 11.5. The minimum absolute atomic E-state index is 0.0767. The first-order valence-electron chi connectivity index (χ1n) is 8.32. The van der Waals surface area contributed by atoms with E-state index in [4.69, 9.17) is 4.74 Å². The largest absolute Gasteiger partial charge is 0.493 e. The Kier molecular flexibility index (Phi) is 4.76. The molecule has 2 heterocycles. The highest BCUT2D eigenvalue weighted by Gasteiger charge is 2.22. The minimum atomic E-state index is -0.224. The second kappa shape index (κ2) is 6.81. The van der Waals surface area contributed by atoms with Crippen LogP contribution in [0.2, 0.25) is 0 Å². The van der Waals surface area contributed by atoms with Crippen molar-refractivity contribution in [2.75, 3.05) is 25.6 Å². The van der Waals surface area contributed by atoms with Gasteiger partial charge in [0.2, 0.25) is 0 Å². The summed E-state index contributed by atoms with van der Waals surface area (Å²) in [6.45, 7) is 3.38. The molecule has 1 aliphatic rings. The summed E-state index contributed by atoms with van der Waals surface area (Å²) in [5, 5.41) is 8.11. The van der Waals surface area contributed by atoms with Gasteiger partial charge in [-0.3, -0.25) is 4.68 Å². The summed E-state index contributed by atoms with van der Waals surface area (Å²) < 4.78 is 21.3. The number of nitrogens with one attached hydrogen (secondary N) is 1. The molecule has 1 unspecified atom stereocenters. The summed E-state index contributed by atoms with van der Waals surface area (Å²) in [5.41, 5.74) is 3.09. The molecule has 0 spiro atoms. The van der Waals surface area contributed by atoms with Crippen molar-refractivity contribution in [2.24, 2.45) is 7.05 Å². The van der Waals surface area contributed by atoms with Gasteiger partial charge in [-0.2, -0.15) is 5.10 Å². The number of hydrogen-bond donors (Lipinski definition) is 1. The standard InChI is InChI=1S/C18H25FN4O/c1-12-15(18(22(2)3)23(4)21-12)11-20-16-6-5-9-24-17-8-7-13(19)10-14(16)17/h7-8,10,16,20H,5-6,9,11H2,1-4H3. The van der Waals surface area contributed by atoms with Crippen molar-refractivity contribution in [2.45, 2.75) is 32.4 Å². The molecule has 0 saturated heterocycles. The number of rotatable bonds is 4. The van der Waals surface area contributed by atoms with Crippen molar-refractivity contribution in [1.82, 2.24) is 15.1 Å². The zero-order valence-electron chi connectivity index (χ0n) is 14.8. The van der Waals surface area contributed by atoms with Crippen LogP contribution in [0, 0.1) is 12.7 Å². The fourth-order valence-corrected chi connectivity index (χ4v) is 3.44. The number of anilines is 1. The molecule has 3 rings (SSSR count). The first-order valence-corrected chi connectivity index (χ1v) is 8.32. The molecular weight excluding hydrogens is 307 g/mol. The van der Waals surface area contributed by atoms with Crippen LogP contribution in [0.25, 0.3) is 0 Å². The molecule has 2 aromatic rings. The predicted octanol–water partition coefficient (Wildman–Crippen LogP) is 2.94. The molecule has 1 aromatic heterocycles. The highest BCUT2D eigenvalue weighted by molar-refractivity contribution is 5.49. The zero-order chi connectivity index (χ0) is 17.3. The highest BCUT2D eigenvalue weighted by Crippen LogP contribution is 2.33. The van der Waals surface area contributed by atoms with Crippen LogP contribution in [0.3, 0.4) is 0 Å². The van der Waals surface area contributed by atoms with Crippen molar-refractivity contribution < 1.29 is 9.13 Å². The van der Waals surface area contributed by atoms with E-state index < -0.39 is 0 Å². The van der Waals surface area contributed by atoms with E-state index in [1.807, 2.05) is 32.7 Å². The maximum absolute atomic E-state index is 13.7. The molecule has 5 nitrogen and oxygen atoms in total. The van der Waals surface area contributed by atoms with E-state index in [1.165, 1.54) is 11.6 Å². The Labute approximate surface area is 142 Å². The average Bonchev–Trinajstić information content (AvgIpc) is 2.68. The average molecular weight is 332 g/mol. The molecule has 24 heavy (non-hydrogen) atoms.